The fraction of sp³-hybridized carbons (Fsp3) is 0.450. The second-order valence-electron chi connectivity index (χ2n) is 8.08. The molecule has 0 atom stereocenters. The van der Waals surface area contributed by atoms with Crippen molar-refractivity contribution in [3.8, 4) is 0 Å². The molecule has 1 N–H and O–H groups in total. The Morgan fingerprint density at radius 2 is 1.86 bits per heavy atom. The second-order valence-corrected chi connectivity index (χ2v) is 8.08. The van der Waals surface area contributed by atoms with Crippen molar-refractivity contribution in [2.75, 3.05) is 16.8 Å². The second kappa shape index (κ2) is 6.85. The predicted octanol–water partition coefficient (Wildman–Crippen LogP) is 3.12. The van der Waals surface area contributed by atoms with Crippen LogP contribution in [-0.2, 0) is 30.2 Å². The Kier molecular flexibility index (Phi) is 4.82. The molecule has 0 unspecified atom stereocenters. The van der Waals surface area contributed by atoms with Crippen molar-refractivity contribution in [3.63, 3.8) is 0 Å². The molecule has 150 valence electrons. The van der Waals surface area contributed by atoms with Crippen molar-refractivity contribution in [3.05, 3.63) is 35.5 Å². The number of rotatable bonds is 2. The van der Waals surface area contributed by atoms with Gasteiger partial charge in [0.05, 0.1) is 11.4 Å². The fourth-order valence-electron chi connectivity index (χ4n) is 3.00. The summed E-state index contributed by atoms with van der Waals surface area (Å²) in [7, 11) is 0. The highest BCUT2D eigenvalue weighted by Crippen LogP contribution is 2.36. The molecule has 1 aromatic rings. The van der Waals surface area contributed by atoms with Crippen molar-refractivity contribution in [1.82, 2.24) is 0 Å². The van der Waals surface area contributed by atoms with E-state index in [9.17, 15) is 14.4 Å². The maximum atomic E-state index is 12.6. The van der Waals surface area contributed by atoms with Gasteiger partial charge in [-0.3, -0.25) is 4.90 Å². The van der Waals surface area contributed by atoms with Crippen LogP contribution in [0.15, 0.2) is 30.0 Å². The first-order chi connectivity index (χ1) is 13.0. The molecule has 3 rings (SSSR count). The summed E-state index contributed by atoms with van der Waals surface area (Å²) in [6.45, 7) is 8.86. The molecule has 0 aromatic heterocycles. The van der Waals surface area contributed by atoms with E-state index in [4.69, 9.17) is 14.2 Å². The van der Waals surface area contributed by atoms with Gasteiger partial charge < -0.3 is 19.5 Å². The molecule has 0 bridgehead atoms. The molecule has 2 aliphatic rings. The van der Waals surface area contributed by atoms with Gasteiger partial charge in [-0.2, -0.15) is 0 Å². The van der Waals surface area contributed by atoms with Gasteiger partial charge in [0, 0.05) is 26.6 Å². The van der Waals surface area contributed by atoms with Crippen LogP contribution in [0.5, 0.6) is 0 Å². The Labute approximate surface area is 163 Å². The Hall–Kier alpha value is -3.03. The predicted molar refractivity (Wildman–Crippen MR) is 102 cm³/mol. The molecule has 0 radical (unpaired) electrons. The average Bonchev–Trinajstić information content (AvgIpc) is 2.96. The van der Waals surface area contributed by atoms with E-state index in [0.717, 1.165) is 5.56 Å². The molecule has 1 amide bonds. The minimum atomic E-state index is -1.30. The summed E-state index contributed by atoms with van der Waals surface area (Å²) in [5, 5.41) is 2.94. The molecule has 0 aliphatic carbocycles. The van der Waals surface area contributed by atoms with Crippen LogP contribution in [0.3, 0.4) is 0 Å². The number of amides is 1. The first-order valence-corrected chi connectivity index (χ1v) is 9.03. The van der Waals surface area contributed by atoms with Crippen molar-refractivity contribution in [1.29, 1.82) is 0 Å². The number of esters is 2. The van der Waals surface area contributed by atoms with Crippen LogP contribution in [0.2, 0.25) is 0 Å². The van der Waals surface area contributed by atoms with E-state index in [2.05, 4.69) is 5.32 Å². The molecule has 2 aliphatic heterocycles. The maximum Gasteiger partial charge on any atom is 0.414 e. The summed E-state index contributed by atoms with van der Waals surface area (Å²) in [6, 6.07) is 5.50. The van der Waals surface area contributed by atoms with Gasteiger partial charge in [0.25, 0.3) is 5.79 Å². The third kappa shape index (κ3) is 4.11. The van der Waals surface area contributed by atoms with Crippen LogP contribution in [0.1, 0.15) is 40.2 Å². The quantitative estimate of drug-likeness (QED) is 0.472. The molecule has 1 fully saturated rings. The Bertz CT molecular complexity index is 844. The zero-order valence-corrected chi connectivity index (χ0v) is 16.6. The Morgan fingerprint density at radius 1 is 1.21 bits per heavy atom. The molecular weight excluding hydrogens is 364 g/mol. The van der Waals surface area contributed by atoms with Gasteiger partial charge in [0.15, 0.2) is 5.57 Å². The molecule has 1 saturated heterocycles. The number of nitrogens with one attached hydrogen (secondary N) is 1. The van der Waals surface area contributed by atoms with Gasteiger partial charge in [-0.25, -0.2) is 14.4 Å². The fourth-order valence-corrected chi connectivity index (χ4v) is 3.00. The summed E-state index contributed by atoms with van der Waals surface area (Å²) in [5.41, 5.74) is 1.32. The molecule has 1 aromatic carbocycles. The highest BCUT2D eigenvalue weighted by Gasteiger charge is 2.39. The van der Waals surface area contributed by atoms with Gasteiger partial charge in [-0.05, 0) is 38.8 Å². The summed E-state index contributed by atoms with van der Waals surface area (Å²) >= 11 is 0. The van der Waals surface area contributed by atoms with Crippen LogP contribution in [0.25, 0.3) is 0 Å². The number of carbonyl (C=O) groups excluding carboxylic acids is 3. The Balaban J connectivity index is 1.86. The van der Waals surface area contributed by atoms with E-state index in [1.807, 2.05) is 12.1 Å². The number of fused-ring (bicyclic) bond motifs is 1. The summed E-state index contributed by atoms with van der Waals surface area (Å²) in [5.74, 6) is -2.84. The number of carbonyl (C=O) groups is 3. The summed E-state index contributed by atoms with van der Waals surface area (Å²) in [6.07, 6.45) is 1.46. The van der Waals surface area contributed by atoms with Crippen LogP contribution >= 0.6 is 0 Å². The molecule has 28 heavy (non-hydrogen) atoms. The third-order valence-corrected chi connectivity index (χ3v) is 4.10. The number of para-hydroxylation sites is 1. The highest BCUT2D eigenvalue weighted by molar-refractivity contribution is 6.15. The number of hydrogen-bond acceptors (Lipinski definition) is 7. The number of anilines is 2. The minimum Gasteiger partial charge on any atom is -0.443 e. The average molecular weight is 388 g/mol. The smallest absolute Gasteiger partial charge is 0.414 e. The van der Waals surface area contributed by atoms with Crippen LogP contribution in [0, 0.1) is 0 Å². The number of hydrogen-bond donors (Lipinski definition) is 1. The van der Waals surface area contributed by atoms with E-state index in [1.54, 1.807) is 31.7 Å². The van der Waals surface area contributed by atoms with E-state index >= 15 is 0 Å². The monoisotopic (exact) mass is 388 g/mol. The molecule has 2 heterocycles. The van der Waals surface area contributed by atoms with Gasteiger partial charge in [0.2, 0.25) is 0 Å². The molecular formula is C20H24N2O6. The first kappa shape index (κ1) is 19.7. The van der Waals surface area contributed by atoms with E-state index in [1.165, 1.54) is 20.0 Å². The molecule has 0 saturated carbocycles. The van der Waals surface area contributed by atoms with E-state index in [-0.39, 0.29) is 5.57 Å². The lowest BCUT2D eigenvalue weighted by Gasteiger charge is -2.29. The van der Waals surface area contributed by atoms with E-state index in [0.29, 0.717) is 24.3 Å². The lowest BCUT2D eigenvalue weighted by Crippen LogP contribution is -2.42. The molecule has 8 nitrogen and oxygen atoms in total. The maximum absolute atomic E-state index is 12.6. The van der Waals surface area contributed by atoms with Crippen LogP contribution in [0.4, 0.5) is 16.2 Å². The van der Waals surface area contributed by atoms with E-state index < -0.39 is 29.4 Å². The van der Waals surface area contributed by atoms with Gasteiger partial charge in [-0.1, -0.05) is 12.1 Å². The van der Waals surface area contributed by atoms with Crippen molar-refractivity contribution in [2.45, 2.75) is 52.4 Å². The zero-order valence-electron chi connectivity index (χ0n) is 16.6. The van der Waals surface area contributed by atoms with Crippen molar-refractivity contribution >= 4 is 29.4 Å². The topological polar surface area (TPSA) is 94.2 Å². The SMILES string of the molecule is CC(C)(C)OC(=O)N1CCc2cccc(NC=C3C(=O)OC(C)(C)OC3=O)c21. The minimum absolute atomic E-state index is 0.251. The van der Waals surface area contributed by atoms with Gasteiger partial charge in [0.1, 0.15) is 5.60 Å². The number of cyclic esters (lactones) is 2. The van der Waals surface area contributed by atoms with Crippen LogP contribution in [-0.4, -0.2) is 36.0 Å². The van der Waals surface area contributed by atoms with Gasteiger partial charge >= 0.3 is 18.0 Å². The summed E-state index contributed by atoms with van der Waals surface area (Å²) < 4.78 is 15.6. The first-order valence-electron chi connectivity index (χ1n) is 9.03. The lowest BCUT2D eigenvalue weighted by molar-refractivity contribution is -0.222. The highest BCUT2D eigenvalue weighted by atomic mass is 16.7. The lowest BCUT2D eigenvalue weighted by atomic mass is 10.1. The van der Waals surface area contributed by atoms with Crippen molar-refractivity contribution in [2.24, 2.45) is 0 Å². The summed E-state index contributed by atoms with van der Waals surface area (Å²) in [4.78, 5) is 38.3. The number of benzene rings is 1. The Morgan fingerprint density at radius 3 is 2.46 bits per heavy atom. The number of nitrogens with zero attached hydrogens (tertiary/aromatic N) is 1. The number of ether oxygens (including phenoxy) is 3. The van der Waals surface area contributed by atoms with Crippen LogP contribution < -0.4 is 10.2 Å². The zero-order chi connectivity index (χ0) is 20.7. The normalized spacial score (nSPS) is 18.2. The van der Waals surface area contributed by atoms with Gasteiger partial charge in [-0.15, -0.1) is 0 Å². The standard InChI is InChI=1S/C20H24N2O6/c1-19(2,3)28-18(25)22-10-9-12-7-6-8-14(15(12)22)21-11-13-16(23)26-20(4,5)27-17(13)24/h6-8,11,21H,9-10H2,1-5H3. The third-order valence-electron chi connectivity index (χ3n) is 4.10. The molecule has 8 heteroatoms. The molecule has 0 spiro atoms. The largest absolute Gasteiger partial charge is 0.443 e. The van der Waals surface area contributed by atoms with Crippen molar-refractivity contribution < 1.29 is 28.6 Å².